The molecule has 186 valence electrons. The van der Waals surface area contributed by atoms with Crippen molar-refractivity contribution in [2.45, 2.75) is 55.8 Å². The number of alkyl carbamates (subject to hydrolysis) is 1. The molecule has 12 heteroatoms. The lowest BCUT2D eigenvalue weighted by Crippen LogP contribution is -2.68. The van der Waals surface area contributed by atoms with Crippen LogP contribution in [0.25, 0.3) is 16.9 Å². The zero-order chi connectivity index (χ0) is 24.4. The van der Waals surface area contributed by atoms with Crippen LogP contribution < -0.4 is 10.6 Å². The number of aromatic amines is 1. The van der Waals surface area contributed by atoms with E-state index in [-0.39, 0.29) is 17.9 Å². The predicted octanol–water partition coefficient (Wildman–Crippen LogP) is 3.46. The second-order valence-corrected chi connectivity index (χ2v) is 10.4. The summed E-state index contributed by atoms with van der Waals surface area (Å²) in [6.07, 6.45) is 8.42. The van der Waals surface area contributed by atoms with Gasteiger partial charge in [0.15, 0.2) is 5.82 Å². The molecule has 0 aromatic carbocycles. The van der Waals surface area contributed by atoms with E-state index in [2.05, 4.69) is 30.9 Å². The molecule has 4 aliphatic carbocycles. The molecule has 8 rings (SSSR count). The molecule has 4 fully saturated rings. The van der Waals surface area contributed by atoms with Gasteiger partial charge in [0.25, 0.3) is 0 Å². The zero-order valence-electron chi connectivity index (χ0n) is 19.7. The molecule has 3 atom stereocenters. The fraction of sp³-hybridized carbons (Fsp3) is 0.458. The molecule has 11 nitrogen and oxygen atoms in total. The monoisotopic (exact) mass is 491 g/mol. The number of rotatable bonds is 6. The van der Waals surface area contributed by atoms with E-state index in [0.29, 0.717) is 18.2 Å². The summed E-state index contributed by atoms with van der Waals surface area (Å²) in [7, 11) is 1.85. The summed E-state index contributed by atoms with van der Waals surface area (Å²) >= 11 is 0. The summed E-state index contributed by atoms with van der Waals surface area (Å²) in [5.41, 5.74) is 3.04. The molecule has 4 aromatic heterocycles. The van der Waals surface area contributed by atoms with Crippen molar-refractivity contribution in [3.63, 3.8) is 0 Å². The van der Waals surface area contributed by atoms with Crippen LogP contribution in [0.15, 0.2) is 36.9 Å². The standard InChI is InChI=1S/C24H26FN9O2/c1-33-12-15(11-27-33)17-7-21-26-2-3-34(21)22(28-17)29-20-6-18(31-32-20)14-4-16(25)19(5-14)36-23(35)30-24-8-13(9-24)10-24/h2-3,6-7,11-14,16,19H,4-5,8-10H2,1H3,(H,30,35)(H2,28,29,31,32)/t13?,14-,16+,19-,24?/m0/s1. The number of nitrogens with one attached hydrogen (secondary N) is 3. The van der Waals surface area contributed by atoms with Gasteiger partial charge in [0.1, 0.15) is 17.9 Å². The molecule has 2 bridgehead atoms. The molecule has 0 radical (unpaired) electrons. The van der Waals surface area contributed by atoms with Crippen molar-refractivity contribution in [2.24, 2.45) is 13.0 Å². The van der Waals surface area contributed by atoms with Crippen molar-refractivity contribution in [2.75, 3.05) is 5.32 Å². The Bertz CT molecular complexity index is 1440. The minimum absolute atomic E-state index is 0.0848. The summed E-state index contributed by atoms with van der Waals surface area (Å²) in [6, 6.07) is 3.74. The summed E-state index contributed by atoms with van der Waals surface area (Å²) in [6.45, 7) is 0. The molecule has 4 saturated carbocycles. The van der Waals surface area contributed by atoms with Crippen molar-refractivity contribution in [3.8, 4) is 11.3 Å². The maximum Gasteiger partial charge on any atom is 0.407 e. The number of anilines is 2. The van der Waals surface area contributed by atoms with Gasteiger partial charge >= 0.3 is 6.09 Å². The van der Waals surface area contributed by atoms with Gasteiger partial charge in [0.05, 0.1) is 11.9 Å². The molecular weight excluding hydrogens is 465 g/mol. The van der Waals surface area contributed by atoms with E-state index in [4.69, 9.17) is 9.72 Å². The van der Waals surface area contributed by atoms with Crippen molar-refractivity contribution in [3.05, 3.63) is 42.6 Å². The Morgan fingerprint density at radius 1 is 1.28 bits per heavy atom. The van der Waals surface area contributed by atoms with Gasteiger partial charge in [-0.05, 0) is 38.0 Å². The van der Waals surface area contributed by atoms with Gasteiger partial charge in [-0.15, -0.1) is 0 Å². The highest BCUT2D eigenvalue weighted by Crippen LogP contribution is 2.57. The first-order chi connectivity index (χ1) is 17.4. The molecule has 3 N–H and O–H groups in total. The van der Waals surface area contributed by atoms with Crippen LogP contribution in [-0.4, -0.2) is 58.3 Å². The van der Waals surface area contributed by atoms with Crippen LogP contribution >= 0.6 is 0 Å². The molecule has 4 heterocycles. The number of carbonyl (C=O) groups excluding carboxylic acids is 1. The fourth-order valence-corrected chi connectivity index (χ4v) is 5.78. The topological polar surface area (TPSA) is 127 Å². The van der Waals surface area contributed by atoms with E-state index in [1.54, 1.807) is 17.1 Å². The quantitative estimate of drug-likeness (QED) is 0.377. The number of nitrogens with zero attached hydrogens (tertiary/aromatic N) is 6. The van der Waals surface area contributed by atoms with Gasteiger partial charge in [0.2, 0.25) is 5.95 Å². The largest absolute Gasteiger partial charge is 0.443 e. The van der Waals surface area contributed by atoms with E-state index in [9.17, 15) is 9.18 Å². The van der Waals surface area contributed by atoms with Crippen molar-refractivity contribution < 1.29 is 13.9 Å². The Morgan fingerprint density at radius 2 is 2.14 bits per heavy atom. The summed E-state index contributed by atoms with van der Waals surface area (Å²) < 4.78 is 23.8. The molecule has 0 spiro atoms. The average molecular weight is 492 g/mol. The highest BCUT2D eigenvalue weighted by atomic mass is 19.1. The minimum atomic E-state index is -1.21. The van der Waals surface area contributed by atoms with Gasteiger partial charge < -0.3 is 15.4 Å². The third kappa shape index (κ3) is 3.59. The van der Waals surface area contributed by atoms with E-state index in [1.807, 2.05) is 36.0 Å². The van der Waals surface area contributed by atoms with Gasteiger partial charge in [-0.25, -0.2) is 19.2 Å². The number of ether oxygens (including phenoxy) is 1. The number of imidazole rings is 1. The highest BCUT2D eigenvalue weighted by molar-refractivity contribution is 5.69. The maximum atomic E-state index is 14.7. The molecule has 4 aromatic rings. The predicted molar refractivity (Wildman–Crippen MR) is 127 cm³/mol. The molecule has 36 heavy (non-hydrogen) atoms. The first-order valence-corrected chi connectivity index (χ1v) is 12.2. The zero-order valence-corrected chi connectivity index (χ0v) is 19.7. The van der Waals surface area contributed by atoms with Crippen LogP contribution in [0.2, 0.25) is 0 Å². The summed E-state index contributed by atoms with van der Waals surface area (Å²) in [5.74, 6) is 1.72. The number of carbonyl (C=O) groups is 1. The lowest BCUT2D eigenvalue weighted by molar-refractivity contribution is -0.0530. The van der Waals surface area contributed by atoms with Crippen molar-refractivity contribution >= 4 is 23.5 Å². The maximum absolute atomic E-state index is 14.7. The summed E-state index contributed by atoms with van der Waals surface area (Å²) in [5, 5.41) is 17.8. The number of fused-ring (bicyclic) bond motifs is 1. The van der Waals surface area contributed by atoms with Gasteiger partial charge in [0, 0.05) is 60.5 Å². The van der Waals surface area contributed by atoms with Crippen LogP contribution in [0.4, 0.5) is 21.0 Å². The van der Waals surface area contributed by atoms with E-state index >= 15 is 0 Å². The molecule has 4 aliphatic rings. The number of halogens is 1. The second-order valence-electron chi connectivity index (χ2n) is 10.4. The third-order valence-electron chi connectivity index (χ3n) is 7.76. The highest BCUT2D eigenvalue weighted by Gasteiger charge is 2.58. The molecule has 1 amide bonds. The van der Waals surface area contributed by atoms with Crippen molar-refractivity contribution in [1.82, 2.24) is 39.7 Å². The van der Waals surface area contributed by atoms with Gasteiger partial charge in [-0.3, -0.25) is 14.2 Å². The number of aryl methyl sites for hydroxylation is 1. The smallest absolute Gasteiger partial charge is 0.407 e. The van der Waals surface area contributed by atoms with Gasteiger partial charge in [-0.1, -0.05) is 0 Å². The number of hydrogen-bond donors (Lipinski definition) is 3. The Morgan fingerprint density at radius 3 is 2.89 bits per heavy atom. The summed E-state index contributed by atoms with van der Waals surface area (Å²) in [4.78, 5) is 21.4. The first kappa shape index (κ1) is 21.3. The second kappa shape index (κ2) is 7.77. The van der Waals surface area contributed by atoms with E-state index < -0.39 is 18.4 Å². The molecule has 0 unspecified atom stereocenters. The third-order valence-corrected chi connectivity index (χ3v) is 7.76. The Hall–Kier alpha value is -3.96. The number of amides is 1. The van der Waals surface area contributed by atoms with Gasteiger partial charge in [-0.2, -0.15) is 10.2 Å². The Balaban J connectivity index is 1.05. The lowest BCUT2D eigenvalue weighted by Gasteiger charge is -2.61. The lowest BCUT2D eigenvalue weighted by atomic mass is 9.50. The molecular formula is C24H26FN9O2. The Labute approximate surface area is 205 Å². The van der Waals surface area contributed by atoms with Crippen LogP contribution in [0, 0.1) is 5.92 Å². The fourth-order valence-electron chi connectivity index (χ4n) is 5.78. The van der Waals surface area contributed by atoms with Crippen LogP contribution in [-0.2, 0) is 11.8 Å². The van der Waals surface area contributed by atoms with Crippen LogP contribution in [0.5, 0.6) is 0 Å². The van der Waals surface area contributed by atoms with Crippen molar-refractivity contribution in [1.29, 1.82) is 0 Å². The number of alkyl halides is 1. The average Bonchev–Trinajstić information content (AvgIpc) is 3.58. The number of hydrogen-bond acceptors (Lipinski definition) is 7. The van der Waals surface area contributed by atoms with E-state index in [0.717, 1.165) is 47.8 Å². The minimum Gasteiger partial charge on any atom is -0.443 e. The molecule has 0 saturated heterocycles. The van der Waals surface area contributed by atoms with E-state index in [1.165, 1.54) is 0 Å². The number of H-pyrrole nitrogens is 1. The Kier molecular flexibility index (Phi) is 4.60. The van der Waals surface area contributed by atoms with Crippen LogP contribution in [0.3, 0.4) is 0 Å². The number of aromatic nitrogens is 7. The normalized spacial score (nSPS) is 28.5. The SMILES string of the molecule is Cn1cc(-c2cc3nccn3c(Nc3cc([C@H]4C[C@@H](F)[C@@H](OC(=O)NC56CC(C5)C6)C4)[nH]n3)n2)cn1. The first-order valence-electron chi connectivity index (χ1n) is 12.2. The molecule has 0 aliphatic heterocycles. The van der Waals surface area contributed by atoms with Crippen LogP contribution in [0.1, 0.15) is 43.7 Å².